The zero-order valence-corrected chi connectivity index (χ0v) is 15.6. The van der Waals surface area contributed by atoms with Gasteiger partial charge in [-0.1, -0.05) is 30.3 Å². The lowest BCUT2D eigenvalue weighted by molar-refractivity contribution is 0.405. The van der Waals surface area contributed by atoms with E-state index in [4.69, 9.17) is 0 Å². The summed E-state index contributed by atoms with van der Waals surface area (Å²) in [5.41, 5.74) is 1.71. The molecule has 0 unspecified atom stereocenters. The van der Waals surface area contributed by atoms with Gasteiger partial charge in [0.2, 0.25) is 0 Å². The van der Waals surface area contributed by atoms with Crippen molar-refractivity contribution in [2.24, 2.45) is 0 Å². The average molecular weight is 365 g/mol. The van der Waals surface area contributed by atoms with Crippen molar-refractivity contribution in [3.05, 3.63) is 66.5 Å². The summed E-state index contributed by atoms with van der Waals surface area (Å²) in [4.78, 5) is 11.4. The number of hydrogen-bond donors (Lipinski definition) is 2. The first-order chi connectivity index (χ1) is 13.1. The number of anilines is 3. The lowest BCUT2D eigenvalue weighted by atomic mass is 10.2. The minimum atomic E-state index is -0.267. The summed E-state index contributed by atoms with van der Waals surface area (Å²) in [6, 6.07) is 17.9. The molecule has 0 aliphatic heterocycles. The number of nitrogens with one attached hydrogen (secondary N) is 2. The van der Waals surface area contributed by atoms with Gasteiger partial charge in [0.1, 0.15) is 17.5 Å². The van der Waals surface area contributed by atoms with Crippen molar-refractivity contribution in [2.45, 2.75) is 6.42 Å². The highest BCUT2D eigenvalue weighted by Crippen LogP contribution is 2.23. The quantitative estimate of drug-likeness (QED) is 0.580. The molecular formula is C21H24FN5. The van der Waals surface area contributed by atoms with Crippen LogP contribution in [0.4, 0.5) is 21.7 Å². The average Bonchev–Trinajstić information content (AvgIpc) is 2.67. The van der Waals surface area contributed by atoms with Gasteiger partial charge < -0.3 is 15.5 Å². The molecule has 0 fully saturated rings. The van der Waals surface area contributed by atoms with Gasteiger partial charge in [-0.25, -0.2) is 14.4 Å². The lowest BCUT2D eigenvalue weighted by Gasteiger charge is -2.13. The minimum Gasteiger partial charge on any atom is -0.370 e. The first kappa shape index (κ1) is 18.8. The predicted octanol–water partition coefficient (Wildman–Crippen LogP) is 4.39. The summed E-state index contributed by atoms with van der Waals surface area (Å²) >= 11 is 0. The summed E-state index contributed by atoms with van der Waals surface area (Å²) in [5.74, 6) is 1.78. The molecule has 3 rings (SSSR count). The van der Waals surface area contributed by atoms with Gasteiger partial charge in [-0.15, -0.1) is 0 Å². The molecule has 140 valence electrons. The number of halogens is 1. The molecule has 0 saturated carbocycles. The largest absolute Gasteiger partial charge is 0.370 e. The van der Waals surface area contributed by atoms with Crippen LogP contribution < -0.4 is 10.6 Å². The van der Waals surface area contributed by atoms with E-state index in [0.29, 0.717) is 11.6 Å². The molecule has 27 heavy (non-hydrogen) atoms. The third-order valence-corrected chi connectivity index (χ3v) is 3.96. The maximum Gasteiger partial charge on any atom is 0.163 e. The number of rotatable bonds is 8. The Balaban J connectivity index is 1.82. The number of nitrogens with zero attached hydrogens (tertiary/aromatic N) is 3. The van der Waals surface area contributed by atoms with Crippen LogP contribution in [0.5, 0.6) is 0 Å². The van der Waals surface area contributed by atoms with Gasteiger partial charge in [0.05, 0.1) is 0 Å². The van der Waals surface area contributed by atoms with Crippen LogP contribution in [-0.2, 0) is 0 Å². The molecule has 0 aliphatic rings. The van der Waals surface area contributed by atoms with E-state index in [1.807, 2.05) is 36.4 Å². The Bertz CT molecular complexity index is 850. The first-order valence-corrected chi connectivity index (χ1v) is 8.96. The fourth-order valence-electron chi connectivity index (χ4n) is 2.61. The molecule has 0 bridgehead atoms. The zero-order chi connectivity index (χ0) is 19.1. The smallest absolute Gasteiger partial charge is 0.163 e. The maximum absolute atomic E-state index is 13.1. The number of aromatic nitrogens is 2. The van der Waals surface area contributed by atoms with Crippen molar-refractivity contribution >= 4 is 17.3 Å². The van der Waals surface area contributed by atoms with E-state index in [9.17, 15) is 4.39 Å². The monoisotopic (exact) mass is 365 g/mol. The number of benzene rings is 2. The second kappa shape index (κ2) is 9.09. The minimum absolute atomic E-state index is 0.267. The molecule has 0 saturated heterocycles. The topological polar surface area (TPSA) is 53.1 Å². The molecule has 0 radical (unpaired) electrons. The maximum atomic E-state index is 13.1. The van der Waals surface area contributed by atoms with Crippen LogP contribution in [0.25, 0.3) is 11.4 Å². The van der Waals surface area contributed by atoms with Crippen LogP contribution >= 0.6 is 0 Å². The fourth-order valence-corrected chi connectivity index (χ4v) is 2.61. The van der Waals surface area contributed by atoms with Gasteiger partial charge in [0, 0.05) is 23.9 Å². The van der Waals surface area contributed by atoms with E-state index in [1.165, 1.54) is 12.1 Å². The molecule has 2 aromatic carbocycles. The van der Waals surface area contributed by atoms with Crippen molar-refractivity contribution in [2.75, 3.05) is 37.8 Å². The van der Waals surface area contributed by atoms with Gasteiger partial charge in [-0.05, 0) is 51.3 Å². The van der Waals surface area contributed by atoms with E-state index < -0.39 is 0 Å². The molecule has 2 N–H and O–H groups in total. The molecule has 0 aliphatic carbocycles. The van der Waals surface area contributed by atoms with Crippen molar-refractivity contribution in [1.29, 1.82) is 0 Å². The van der Waals surface area contributed by atoms with Gasteiger partial charge in [0.25, 0.3) is 0 Å². The highest BCUT2D eigenvalue weighted by molar-refractivity contribution is 5.65. The normalized spacial score (nSPS) is 10.8. The Labute approximate surface area is 159 Å². The van der Waals surface area contributed by atoms with Crippen molar-refractivity contribution < 1.29 is 4.39 Å². The van der Waals surface area contributed by atoms with E-state index in [0.717, 1.165) is 36.6 Å². The van der Waals surface area contributed by atoms with Crippen LogP contribution in [0, 0.1) is 5.82 Å². The Hall–Kier alpha value is -2.99. The van der Waals surface area contributed by atoms with Crippen LogP contribution in [0.15, 0.2) is 60.7 Å². The van der Waals surface area contributed by atoms with E-state index in [1.54, 1.807) is 12.1 Å². The number of hydrogen-bond acceptors (Lipinski definition) is 5. The highest BCUT2D eigenvalue weighted by atomic mass is 19.1. The van der Waals surface area contributed by atoms with Gasteiger partial charge in [-0.2, -0.15) is 0 Å². The van der Waals surface area contributed by atoms with Crippen LogP contribution in [0.2, 0.25) is 0 Å². The summed E-state index contributed by atoms with van der Waals surface area (Å²) in [5, 5.41) is 6.59. The third-order valence-electron chi connectivity index (χ3n) is 3.96. The van der Waals surface area contributed by atoms with Crippen molar-refractivity contribution in [3.8, 4) is 11.4 Å². The summed E-state index contributed by atoms with van der Waals surface area (Å²) < 4.78 is 13.1. The summed E-state index contributed by atoms with van der Waals surface area (Å²) in [6.07, 6.45) is 1.01. The second-order valence-corrected chi connectivity index (χ2v) is 6.54. The van der Waals surface area contributed by atoms with E-state index >= 15 is 0 Å². The molecule has 3 aromatic rings. The van der Waals surface area contributed by atoms with Crippen LogP contribution in [-0.4, -0.2) is 42.1 Å². The Kier molecular flexibility index (Phi) is 6.33. The highest BCUT2D eigenvalue weighted by Gasteiger charge is 2.07. The molecule has 1 heterocycles. The van der Waals surface area contributed by atoms with Crippen LogP contribution in [0.1, 0.15) is 6.42 Å². The van der Waals surface area contributed by atoms with E-state index in [2.05, 4.69) is 39.6 Å². The van der Waals surface area contributed by atoms with Gasteiger partial charge >= 0.3 is 0 Å². The lowest BCUT2D eigenvalue weighted by Crippen LogP contribution is -2.16. The molecule has 0 spiro atoms. The molecule has 0 atom stereocenters. The van der Waals surface area contributed by atoms with Crippen LogP contribution in [0.3, 0.4) is 0 Å². The molecule has 1 aromatic heterocycles. The van der Waals surface area contributed by atoms with Crippen molar-refractivity contribution in [3.63, 3.8) is 0 Å². The SMILES string of the molecule is CN(C)CCCNc1cc(Nc2ccc(F)cc2)nc(-c2ccccc2)n1. The molecule has 0 amide bonds. The van der Waals surface area contributed by atoms with Gasteiger partial charge in [0.15, 0.2) is 5.82 Å². The summed E-state index contributed by atoms with van der Waals surface area (Å²) in [6.45, 7) is 1.82. The Morgan fingerprint density at radius 1 is 0.926 bits per heavy atom. The molecular weight excluding hydrogens is 341 g/mol. The second-order valence-electron chi connectivity index (χ2n) is 6.54. The van der Waals surface area contributed by atoms with E-state index in [-0.39, 0.29) is 5.82 Å². The fraction of sp³-hybridized carbons (Fsp3) is 0.238. The van der Waals surface area contributed by atoms with Crippen molar-refractivity contribution in [1.82, 2.24) is 14.9 Å². The first-order valence-electron chi connectivity index (χ1n) is 8.96. The molecule has 6 heteroatoms. The third kappa shape index (κ3) is 5.76. The molecule has 5 nitrogen and oxygen atoms in total. The standard InChI is InChI=1S/C21H24FN5/c1-27(2)14-6-13-23-19-15-20(24-18-11-9-17(22)10-12-18)26-21(25-19)16-7-4-3-5-8-16/h3-5,7-12,15H,6,13-14H2,1-2H3,(H2,23,24,25,26). The Morgan fingerprint density at radius 2 is 1.63 bits per heavy atom. The zero-order valence-electron chi connectivity index (χ0n) is 15.6. The predicted molar refractivity (Wildman–Crippen MR) is 109 cm³/mol. The Morgan fingerprint density at radius 3 is 2.33 bits per heavy atom. The summed E-state index contributed by atoms with van der Waals surface area (Å²) in [7, 11) is 4.12. The van der Waals surface area contributed by atoms with Gasteiger partial charge in [-0.3, -0.25) is 0 Å².